The SMILES string of the molecule is NC(Cc1ccc(O)c(O)c1)C(=O)NC(Cc1ccc(O)cc1)C(=O)O. The van der Waals surface area contributed by atoms with Gasteiger partial charge in [0.15, 0.2) is 11.5 Å². The van der Waals surface area contributed by atoms with E-state index >= 15 is 0 Å². The third-order valence-corrected chi connectivity index (χ3v) is 3.82. The van der Waals surface area contributed by atoms with Crippen molar-refractivity contribution < 1.29 is 30.0 Å². The van der Waals surface area contributed by atoms with E-state index in [9.17, 15) is 30.0 Å². The van der Waals surface area contributed by atoms with Gasteiger partial charge in [-0.15, -0.1) is 0 Å². The summed E-state index contributed by atoms with van der Waals surface area (Å²) in [6, 6.07) is 7.86. The second kappa shape index (κ2) is 8.21. The molecule has 0 heterocycles. The van der Waals surface area contributed by atoms with Gasteiger partial charge in [0.1, 0.15) is 11.8 Å². The van der Waals surface area contributed by atoms with Crippen LogP contribution in [-0.2, 0) is 22.4 Å². The molecule has 138 valence electrons. The van der Waals surface area contributed by atoms with E-state index < -0.39 is 24.0 Å². The van der Waals surface area contributed by atoms with Crippen LogP contribution in [0.3, 0.4) is 0 Å². The lowest BCUT2D eigenvalue weighted by Crippen LogP contribution is -2.50. The highest BCUT2D eigenvalue weighted by Crippen LogP contribution is 2.25. The number of nitrogens with two attached hydrogens (primary N) is 1. The Kier molecular flexibility index (Phi) is 6.03. The highest BCUT2D eigenvalue weighted by atomic mass is 16.4. The second-order valence-electron chi connectivity index (χ2n) is 5.90. The molecule has 0 spiro atoms. The largest absolute Gasteiger partial charge is 0.508 e. The number of aromatic hydroxyl groups is 3. The molecule has 0 fully saturated rings. The minimum Gasteiger partial charge on any atom is -0.508 e. The maximum atomic E-state index is 12.2. The van der Waals surface area contributed by atoms with Gasteiger partial charge < -0.3 is 31.5 Å². The Morgan fingerprint density at radius 3 is 2.12 bits per heavy atom. The van der Waals surface area contributed by atoms with Crippen LogP contribution in [0.4, 0.5) is 0 Å². The van der Waals surface area contributed by atoms with E-state index in [0.717, 1.165) is 0 Å². The molecule has 1 amide bonds. The summed E-state index contributed by atoms with van der Waals surface area (Å²) in [5.41, 5.74) is 6.97. The monoisotopic (exact) mass is 360 g/mol. The number of aliphatic carboxylic acids is 1. The summed E-state index contributed by atoms with van der Waals surface area (Å²) in [6.07, 6.45) is 0.0965. The molecule has 0 aromatic heterocycles. The van der Waals surface area contributed by atoms with Gasteiger partial charge in [0.25, 0.3) is 0 Å². The lowest BCUT2D eigenvalue weighted by Gasteiger charge is -2.18. The Balaban J connectivity index is 2.00. The van der Waals surface area contributed by atoms with Crippen LogP contribution in [-0.4, -0.2) is 44.4 Å². The van der Waals surface area contributed by atoms with E-state index in [0.29, 0.717) is 11.1 Å². The fourth-order valence-corrected chi connectivity index (χ4v) is 2.39. The molecule has 0 saturated heterocycles. The number of carboxylic acid groups (broad SMARTS) is 1. The summed E-state index contributed by atoms with van der Waals surface area (Å²) in [5, 5.41) is 39.7. The minimum absolute atomic E-state index is 0.0358. The zero-order chi connectivity index (χ0) is 19.3. The zero-order valence-electron chi connectivity index (χ0n) is 13.8. The maximum absolute atomic E-state index is 12.2. The van der Waals surface area contributed by atoms with Crippen LogP contribution in [0, 0.1) is 0 Å². The van der Waals surface area contributed by atoms with Gasteiger partial charge in [-0.25, -0.2) is 4.79 Å². The number of nitrogens with one attached hydrogen (secondary N) is 1. The molecule has 2 atom stereocenters. The van der Waals surface area contributed by atoms with E-state index in [4.69, 9.17) is 5.73 Å². The van der Waals surface area contributed by atoms with Gasteiger partial charge in [-0.3, -0.25) is 4.79 Å². The number of carbonyl (C=O) groups is 2. The molecule has 0 aliphatic rings. The van der Waals surface area contributed by atoms with Crippen molar-refractivity contribution in [3.8, 4) is 17.2 Å². The van der Waals surface area contributed by atoms with Gasteiger partial charge in [0.05, 0.1) is 6.04 Å². The fourth-order valence-electron chi connectivity index (χ4n) is 2.39. The van der Waals surface area contributed by atoms with Crippen LogP contribution in [0.5, 0.6) is 17.2 Å². The van der Waals surface area contributed by atoms with Gasteiger partial charge >= 0.3 is 5.97 Å². The molecule has 2 aromatic rings. The van der Waals surface area contributed by atoms with E-state index in [1.807, 2.05) is 0 Å². The smallest absolute Gasteiger partial charge is 0.326 e. The third kappa shape index (κ3) is 5.12. The zero-order valence-corrected chi connectivity index (χ0v) is 13.8. The molecular formula is C18H20N2O6. The van der Waals surface area contributed by atoms with E-state index in [2.05, 4.69) is 5.32 Å². The maximum Gasteiger partial charge on any atom is 0.326 e. The van der Waals surface area contributed by atoms with Crippen molar-refractivity contribution in [1.82, 2.24) is 5.32 Å². The van der Waals surface area contributed by atoms with Crippen LogP contribution >= 0.6 is 0 Å². The van der Waals surface area contributed by atoms with E-state index in [-0.39, 0.29) is 30.1 Å². The number of rotatable bonds is 7. The van der Waals surface area contributed by atoms with Crippen molar-refractivity contribution in [3.63, 3.8) is 0 Å². The van der Waals surface area contributed by atoms with Gasteiger partial charge in [0.2, 0.25) is 5.91 Å². The predicted octanol–water partition coefficient (Wildman–Crippen LogP) is 0.485. The Morgan fingerprint density at radius 1 is 0.923 bits per heavy atom. The van der Waals surface area contributed by atoms with Crippen LogP contribution in [0.15, 0.2) is 42.5 Å². The minimum atomic E-state index is -1.21. The molecule has 7 N–H and O–H groups in total. The van der Waals surface area contributed by atoms with Crippen molar-refractivity contribution >= 4 is 11.9 Å². The third-order valence-electron chi connectivity index (χ3n) is 3.82. The molecular weight excluding hydrogens is 340 g/mol. The molecule has 26 heavy (non-hydrogen) atoms. The second-order valence-corrected chi connectivity index (χ2v) is 5.90. The summed E-state index contributed by atoms with van der Waals surface area (Å²) in [5.74, 6) is -2.41. The number of benzene rings is 2. The van der Waals surface area contributed by atoms with E-state index in [1.54, 1.807) is 12.1 Å². The first-order valence-corrected chi connectivity index (χ1v) is 7.84. The quantitative estimate of drug-likeness (QED) is 0.393. The fraction of sp³-hybridized carbons (Fsp3) is 0.222. The average Bonchev–Trinajstić information content (AvgIpc) is 2.59. The van der Waals surface area contributed by atoms with Crippen LogP contribution in [0.2, 0.25) is 0 Å². The molecule has 2 aromatic carbocycles. The van der Waals surface area contributed by atoms with Crippen LogP contribution in [0.25, 0.3) is 0 Å². The first kappa shape index (κ1) is 19.1. The molecule has 2 unspecified atom stereocenters. The topological polar surface area (TPSA) is 153 Å². The lowest BCUT2D eigenvalue weighted by molar-refractivity contribution is -0.141. The summed E-state index contributed by atoms with van der Waals surface area (Å²) in [4.78, 5) is 23.6. The first-order valence-electron chi connectivity index (χ1n) is 7.84. The standard InChI is InChI=1S/C18H20N2O6/c19-13(7-11-3-6-15(22)16(23)9-11)17(24)20-14(18(25)26)8-10-1-4-12(21)5-2-10/h1-6,9,13-14,21-23H,7-8,19H2,(H,20,24)(H,25,26). The number of phenolic OH excluding ortho intramolecular Hbond substituents is 3. The normalized spacial score (nSPS) is 13.0. The molecule has 0 aliphatic heterocycles. The average molecular weight is 360 g/mol. The highest BCUT2D eigenvalue weighted by Gasteiger charge is 2.24. The summed E-state index contributed by atoms with van der Waals surface area (Å²) < 4.78 is 0. The Bertz CT molecular complexity index is 791. The van der Waals surface area contributed by atoms with Gasteiger partial charge in [-0.1, -0.05) is 18.2 Å². The summed E-state index contributed by atoms with van der Waals surface area (Å²) >= 11 is 0. The first-order chi connectivity index (χ1) is 12.3. The number of phenols is 3. The van der Waals surface area contributed by atoms with Crippen molar-refractivity contribution in [2.24, 2.45) is 5.73 Å². The molecule has 8 heteroatoms. The number of hydrogen-bond donors (Lipinski definition) is 6. The molecule has 0 aliphatic carbocycles. The Hall–Kier alpha value is -3.26. The molecule has 8 nitrogen and oxygen atoms in total. The number of carbonyl (C=O) groups excluding carboxylic acids is 1. The Labute approximate surface area is 149 Å². The van der Waals surface area contributed by atoms with E-state index in [1.165, 1.54) is 30.3 Å². The molecule has 0 saturated carbocycles. The van der Waals surface area contributed by atoms with Crippen molar-refractivity contribution in [2.45, 2.75) is 24.9 Å². The molecule has 2 rings (SSSR count). The van der Waals surface area contributed by atoms with Gasteiger partial charge in [0, 0.05) is 6.42 Å². The molecule has 0 bridgehead atoms. The highest BCUT2D eigenvalue weighted by molar-refractivity contribution is 5.87. The lowest BCUT2D eigenvalue weighted by atomic mass is 10.0. The van der Waals surface area contributed by atoms with Crippen molar-refractivity contribution in [2.75, 3.05) is 0 Å². The van der Waals surface area contributed by atoms with Gasteiger partial charge in [-0.05, 0) is 41.8 Å². The van der Waals surface area contributed by atoms with Crippen LogP contribution in [0.1, 0.15) is 11.1 Å². The van der Waals surface area contributed by atoms with Crippen molar-refractivity contribution in [1.29, 1.82) is 0 Å². The van der Waals surface area contributed by atoms with Crippen molar-refractivity contribution in [3.05, 3.63) is 53.6 Å². The summed E-state index contributed by atoms with van der Waals surface area (Å²) in [6.45, 7) is 0. The number of amides is 1. The Morgan fingerprint density at radius 2 is 1.54 bits per heavy atom. The van der Waals surface area contributed by atoms with Crippen LogP contribution < -0.4 is 11.1 Å². The summed E-state index contributed by atoms with van der Waals surface area (Å²) in [7, 11) is 0. The number of hydrogen-bond acceptors (Lipinski definition) is 6. The number of carboxylic acids is 1. The molecule has 0 radical (unpaired) electrons. The van der Waals surface area contributed by atoms with Gasteiger partial charge in [-0.2, -0.15) is 0 Å². The predicted molar refractivity (Wildman–Crippen MR) is 92.8 cm³/mol.